The summed E-state index contributed by atoms with van der Waals surface area (Å²) in [4.78, 5) is 29.8. The van der Waals surface area contributed by atoms with Crippen molar-refractivity contribution in [3.8, 4) is 5.75 Å². The van der Waals surface area contributed by atoms with Gasteiger partial charge in [-0.1, -0.05) is 83.8 Å². The molecule has 0 aromatic heterocycles. The van der Waals surface area contributed by atoms with E-state index in [1.165, 1.54) is 24.1 Å². The molecular formula is C35H37BrClN3O5S. The number of halogens is 2. The van der Waals surface area contributed by atoms with Gasteiger partial charge in [-0.25, -0.2) is 8.42 Å². The van der Waals surface area contributed by atoms with Gasteiger partial charge in [-0.05, 0) is 77.7 Å². The third-order valence-electron chi connectivity index (χ3n) is 7.24. The molecule has 0 aliphatic carbocycles. The summed E-state index contributed by atoms with van der Waals surface area (Å²) in [7, 11) is -2.76. The van der Waals surface area contributed by atoms with Gasteiger partial charge in [0.05, 0.1) is 17.7 Å². The summed E-state index contributed by atoms with van der Waals surface area (Å²) in [5, 5.41) is 3.41. The minimum absolute atomic E-state index is 0.0231. The van der Waals surface area contributed by atoms with Gasteiger partial charge < -0.3 is 15.0 Å². The maximum atomic E-state index is 14.5. The third-order valence-corrected chi connectivity index (χ3v) is 9.77. The lowest BCUT2D eigenvalue weighted by atomic mass is 10.0. The molecule has 0 aliphatic heterocycles. The van der Waals surface area contributed by atoms with Gasteiger partial charge in [-0.2, -0.15) is 0 Å². The van der Waals surface area contributed by atoms with Crippen LogP contribution in [0.25, 0.3) is 0 Å². The molecule has 46 heavy (non-hydrogen) atoms. The summed E-state index contributed by atoms with van der Waals surface area (Å²) in [5.74, 6) is -0.195. The van der Waals surface area contributed by atoms with E-state index in [9.17, 15) is 18.0 Å². The largest absolute Gasteiger partial charge is 0.497 e. The number of amides is 2. The Hall–Kier alpha value is -3.86. The number of rotatable bonds is 14. The first-order chi connectivity index (χ1) is 22.0. The van der Waals surface area contributed by atoms with Crippen LogP contribution in [0.2, 0.25) is 5.02 Å². The molecule has 0 heterocycles. The monoisotopic (exact) mass is 725 g/mol. The Bertz CT molecular complexity index is 1720. The summed E-state index contributed by atoms with van der Waals surface area (Å²) >= 11 is 9.64. The van der Waals surface area contributed by atoms with E-state index in [1.54, 1.807) is 36.4 Å². The van der Waals surface area contributed by atoms with Crippen LogP contribution in [0.4, 0.5) is 5.69 Å². The van der Waals surface area contributed by atoms with Crippen molar-refractivity contribution in [1.29, 1.82) is 0 Å². The Balaban J connectivity index is 1.79. The lowest BCUT2D eigenvalue weighted by Crippen LogP contribution is -2.53. The molecule has 4 aromatic carbocycles. The molecule has 0 saturated carbocycles. The van der Waals surface area contributed by atoms with Crippen molar-refractivity contribution < 1.29 is 22.7 Å². The second-order valence-corrected chi connectivity index (χ2v) is 14.4. The van der Waals surface area contributed by atoms with Gasteiger partial charge in [-0.15, -0.1) is 0 Å². The van der Waals surface area contributed by atoms with E-state index >= 15 is 0 Å². The minimum atomic E-state index is -4.25. The molecule has 1 N–H and O–H groups in total. The second kappa shape index (κ2) is 16.1. The van der Waals surface area contributed by atoms with Crippen molar-refractivity contribution >= 4 is 55.1 Å². The number of carbonyl (C=O) groups is 2. The molecule has 1 atom stereocenters. The summed E-state index contributed by atoms with van der Waals surface area (Å²) in [5.41, 5.74) is 1.88. The number of carbonyl (C=O) groups excluding carboxylic acids is 2. The highest BCUT2D eigenvalue weighted by Crippen LogP contribution is 2.27. The van der Waals surface area contributed by atoms with Crippen molar-refractivity contribution in [2.75, 3.05) is 24.5 Å². The van der Waals surface area contributed by atoms with Gasteiger partial charge >= 0.3 is 0 Å². The predicted molar refractivity (Wildman–Crippen MR) is 185 cm³/mol. The van der Waals surface area contributed by atoms with Crippen molar-refractivity contribution in [1.82, 2.24) is 10.2 Å². The zero-order valence-corrected chi connectivity index (χ0v) is 29.1. The Morgan fingerprint density at radius 3 is 2.15 bits per heavy atom. The van der Waals surface area contributed by atoms with E-state index < -0.39 is 28.5 Å². The summed E-state index contributed by atoms with van der Waals surface area (Å²) in [6.07, 6.45) is 0.233. The number of methoxy groups -OCH3 is 1. The van der Waals surface area contributed by atoms with Gasteiger partial charge in [0.15, 0.2) is 0 Å². The van der Waals surface area contributed by atoms with Gasteiger partial charge in [0, 0.05) is 29.0 Å². The SMILES string of the molecule is COc1ccc(S(=O)(=O)N(CC(=O)N(Cc2cccc(Br)c2)C(Cc2ccccc2)C(=O)NCC(C)C)c2ccc(Cl)cc2)cc1. The van der Waals surface area contributed by atoms with Crippen molar-refractivity contribution in [3.63, 3.8) is 0 Å². The van der Waals surface area contributed by atoms with Crippen LogP contribution in [0.15, 0.2) is 112 Å². The predicted octanol–water partition coefficient (Wildman–Crippen LogP) is 6.72. The Labute approximate surface area is 284 Å². The first-order valence-corrected chi connectivity index (χ1v) is 17.4. The molecule has 4 aromatic rings. The third kappa shape index (κ3) is 9.34. The van der Waals surface area contributed by atoms with E-state index in [2.05, 4.69) is 21.2 Å². The van der Waals surface area contributed by atoms with E-state index in [0.29, 0.717) is 17.3 Å². The summed E-state index contributed by atoms with van der Waals surface area (Å²) in [6.45, 7) is 3.91. The zero-order valence-electron chi connectivity index (χ0n) is 25.9. The molecule has 1 unspecified atom stereocenters. The number of benzene rings is 4. The van der Waals surface area contributed by atoms with Crippen LogP contribution in [-0.4, -0.2) is 51.4 Å². The van der Waals surface area contributed by atoms with Crippen LogP contribution >= 0.6 is 27.5 Å². The minimum Gasteiger partial charge on any atom is -0.497 e. The van der Waals surface area contributed by atoms with Gasteiger partial charge in [0.2, 0.25) is 11.8 Å². The molecule has 0 radical (unpaired) electrons. The highest BCUT2D eigenvalue weighted by Gasteiger charge is 2.34. The highest BCUT2D eigenvalue weighted by atomic mass is 79.9. The molecule has 0 bridgehead atoms. The van der Waals surface area contributed by atoms with Crippen LogP contribution in [0.3, 0.4) is 0 Å². The topological polar surface area (TPSA) is 96.0 Å². The first kappa shape index (κ1) is 35.0. The summed E-state index contributed by atoms with van der Waals surface area (Å²) in [6, 6.07) is 28.1. The van der Waals surface area contributed by atoms with Crippen LogP contribution in [0.5, 0.6) is 5.75 Å². The first-order valence-electron chi connectivity index (χ1n) is 14.8. The molecular weight excluding hydrogens is 690 g/mol. The maximum absolute atomic E-state index is 14.5. The lowest BCUT2D eigenvalue weighted by Gasteiger charge is -2.34. The number of hydrogen-bond donors (Lipinski definition) is 1. The number of anilines is 1. The number of ether oxygens (including phenoxy) is 1. The fourth-order valence-corrected chi connectivity index (χ4v) is 6.81. The lowest BCUT2D eigenvalue weighted by molar-refractivity contribution is -0.140. The molecule has 2 amide bonds. The second-order valence-electron chi connectivity index (χ2n) is 11.2. The Kier molecular flexibility index (Phi) is 12.3. The number of nitrogens with zero attached hydrogens (tertiary/aromatic N) is 2. The molecule has 0 fully saturated rings. The zero-order chi connectivity index (χ0) is 33.3. The maximum Gasteiger partial charge on any atom is 0.264 e. The smallest absolute Gasteiger partial charge is 0.264 e. The van der Waals surface area contributed by atoms with Crippen LogP contribution in [-0.2, 0) is 32.6 Å². The molecule has 0 aliphatic rings. The number of nitrogens with one attached hydrogen (secondary N) is 1. The Morgan fingerprint density at radius 1 is 0.891 bits per heavy atom. The van der Waals surface area contributed by atoms with Crippen LogP contribution in [0, 0.1) is 5.92 Å². The molecule has 11 heteroatoms. The highest BCUT2D eigenvalue weighted by molar-refractivity contribution is 9.10. The molecule has 242 valence electrons. The van der Waals surface area contributed by atoms with Crippen molar-refractivity contribution in [2.24, 2.45) is 5.92 Å². The fourth-order valence-electron chi connectivity index (χ4n) is 4.82. The normalized spacial score (nSPS) is 12.0. The summed E-state index contributed by atoms with van der Waals surface area (Å²) < 4.78 is 35.4. The number of sulfonamides is 1. The molecule has 0 saturated heterocycles. The quantitative estimate of drug-likeness (QED) is 0.156. The van der Waals surface area contributed by atoms with Crippen molar-refractivity contribution in [3.05, 3.63) is 124 Å². The number of hydrogen-bond acceptors (Lipinski definition) is 5. The molecule has 4 rings (SSSR count). The van der Waals surface area contributed by atoms with Gasteiger partial charge in [0.25, 0.3) is 10.0 Å². The van der Waals surface area contributed by atoms with E-state index in [0.717, 1.165) is 19.9 Å². The van der Waals surface area contributed by atoms with Gasteiger partial charge in [0.1, 0.15) is 18.3 Å². The average Bonchev–Trinajstić information content (AvgIpc) is 3.05. The van der Waals surface area contributed by atoms with Gasteiger partial charge in [-0.3, -0.25) is 13.9 Å². The molecule has 0 spiro atoms. The fraction of sp³-hybridized carbons (Fsp3) is 0.257. The van der Waals surface area contributed by atoms with Crippen molar-refractivity contribution in [2.45, 2.75) is 37.8 Å². The average molecular weight is 727 g/mol. The molecule has 8 nitrogen and oxygen atoms in total. The van der Waals surface area contributed by atoms with E-state index in [-0.39, 0.29) is 35.4 Å². The van der Waals surface area contributed by atoms with E-state index in [1.807, 2.05) is 68.4 Å². The standard InChI is InChI=1S/C35H37BrClN3O5S/c1-25(2)22-38-35(42)33(21-26-8-5-4-6-9-26)39(23-27-10-7-11-28(36)20-27)34(41)24-40(30-14-12-29(37)13-15-30)46(43,44)32-18-16-31(45-3)17-19-32/h4-20,25,33H,21-24H2,1-3H3,(H,38,42). The Morgan fingerprint density at radius 2 is 1.54 bits per heavy atom. The van der Waals surface area contributed by atoms with Crippen LogP contribution < -0.4 is 14.4 Å². The van der Waals surface area contributed by atoms with Crippen LogP contribution in [0.1, 0.15) is 25.0 Å². The van der Waals surface area contributed by atoms with E-state index in [4.69, 9.17) is 16.3 Å².